The molecule has 0 aliphatic heterocycles. The second-order valence-corrected chi connectivity index (χ2v) is 5.09. The maximum atomic E-state index is 5.47. The molecule has 0 aromatic carbocycles. The Bertz CT molecular complexity index is 329. The quantitative estimate of drug-likeness (QED) is 0.855. The Kier molecular flexibility index (Phi) is 4.54. The van der Waals surface area contributed by atoms with Crippen LogP contribution in [0.1, 0.15) is 63.1 Å². The van der Waals surface area contributed by atoms with E-state index in [1.54, 1.807) is 0 Å². The number of hydrogen-bond donors (Lipinski definition) is 1. The molecular weight excluding hydrogens is 214 g/mol. The van der Waals surface area contributed by atoms with Gasteiger partial charge in [-0.2, -0.15) is 4.98 Å². The summed E-state index contributed by atoms with van der Waals surface area (Å²) in [6.07, 6.45) is 8.44. The first-order valence-corrected chi connectivity index (χ1v) is 6.86. The third-order valence-corrected chi connectivity index (χ3v) is 3.75. The van der Waals surface area contributed by atoms with Gasteiger partial charge in [0.1, 0.15) is 0 Å². The summed E-state index contributed by atoms with van der Waals surface area (Å²) >= 11 is 0. The topological polar surface area (TPSA) is 64.9 Å². The van der Waals surface area contributed by atoms with Gasteiger partial charge in [0.2, 0.25) is 5.89 Å². The fourth-order valence-corrected chi connectivity index (χ4v) is 2.78. The molecule has 0 unspecified atom stereocenters. The lowest BCUT2D eigenvalue weighted by molar-refractivity contribution is 0.295. The number of rotatable bonds is 5. The minimum atomic E-state index is 0.512. The SMILES string of the molecule is CCCC1CCC(c2noc(CCN)n2)CC1. The van der Waals surface area contributed by atoms with Gasteiger partial charge in [0, 0.05) is 18.9 Å². The molecular formula is C13H23N3O. The summed E-state index contributed by atoms with van der Waals surface area (Å²) in [6, 6.07) is 0. The van der Waals surface area contributed by atoms with Crippen molar-refractivity contribution in [2.75, 3.05) is 6.54 Å². The standard InChI is InChI=1S/C13H23N3O/c1-2-3-10-4-6-11(7-5-10)13-15-12(8-9-14)17-16-13/h10-11H,2-9,14H2,1H3. The molecule has 0 atom stereocenters. The number of hydrogen-bond acceptors (Lipinski definition) is 4. The van der Waals surface area contributed by atoms with Crippen LogP contribution in [0.2, 0.25) is 0 Å². The lowest BCUT2D eigenvalue weighted by atomic mass is 9.80. The van der Waals surface area contributed by atoms with Crippen molar-refractivity contribution in [3.8, 4) is 0 Å². The molecule has 2 rings (SSSR count). The van der Waals surface area contributed by atoms with Crippen LogP contribution < -0.4 is 5.73 Å². The average molecular weight is 237 g/mol. The summed E-state index contributed by atoms with van der Waals surface area (Å²) in [5, 5.41) is 4.09. The van der Waals surface area contributed by atoms with Gasteiger partial charge >= 0.3 is 0 Å². The van der Waals surface area contributed by atoms with Crippen molar-refractivity contribution in [1.29, 1.82) is 0 Å². The first-order chi connectivity index (χ1) is 8.33. The predicted octanol–water partition coefficient (Wildman–Crippen LogP) is 2.64. The van der Waals surface area contributed by atoms with Crippen molar-refractivity contribution in [2.24, 2.45) is 11.7 Å². The lowest BCUT2D eigenvalue weighted by Gasteiger charge is -2.26. The summed E-state index contributed by atoms with van der Waals surface area (Å²) in [5.41, 5.74) is 5.47. The van der Waals surface area contributed by atoms with E-state index in [9.17, 15) is 0 Å². The van der Waals surface area contributed by atoms with E-state index in [2.05, 4.69) is 17.1 Å². The van der Waals surface area contributed by atoms with E-state index in [1.165, 1.54) is 38.5 Å². The zero-order valence-corrected chi connectivity index (χ0v) is 10.7. The molecule has 0 bridgehead atoms. The Balaban J connectivity index is 1.86. The summed E-state index contributed by atoms with van der Waals surface area (Å²) in [6.45, 7) is 2.84. The van der Waals surface area contributed by atoms with E-state index < -0.39 is 0 Å². The van der Waals surface area contributed by atoms with Crippen LogP contribution in [0.4, 0.5) is 0 Å². The summed E-state index contributed by atoms with van der Waals surface area (Å²) < 4.78 is 5.19. The highest BCUT2D eigenvalue weighted by molar-refractivity contribution is 4.97. The van der Waals surface area contributed by atoms with Crippen LogP contribution in [0.15, 0.2) is 4.52 Å². The monoisotopic (exact) mass is 237 g/mol. The molecule has 0 spiro atoms. The highest BCUT2D eigenvalue weighted by Gasteiger charge is 2.25. The van der Waals surface area contributed by atoms with E-state index >= 15 is 0 Å². The van der Waals surface area contributed by atoms with Gasteiger partial charge in [0.25, 0.3) is 0 Å². The Morgan fingerprint density at radius 1 is 1.29 bits per heavy atom. The normalized spacial score (nSPS) is 25.1. The van der Waals surface area contributed by atoms with Crippen LogP contribution in [0.5, 0.6) is 0 Å². The average Bonchev–Trinajstić information content (AvgIpc) is 2.80. The fourth-order valence-electron chi connectivity index (χ4n) is 2.78. The number of nitrogens with zero attached hydrogens (tertiary/aromatic N) is 2. The molecule has 4 heteroatoms. The number of aromatic nitrogens is 2. The Morgan fingerprint density at radius 3 is 2.71 bits per heavy atom. The van der Waals surface area contributed by atoms with Gasteiger partial charge in [0.15, 0.2) is 5.82 Å². The maximum absolute atomic E-state index is 5.47. The molecule has 1 saturated carbocycles. The van der Waals surface area contributed by atoms with Gasteiger partial charge < -0.3 is 10.3 Å². The van der Waals surface area contributed by atoms with Crippen molar-refractivity contribution in [3.63, 3.8) is 0 Å². The molecule has 0 amide bonds. The van der Waals surface area contributed by atoms with Gasteiger partial charge in [-0.25, -0.2) is 0 Å². The summed E-state index contributed by atoms with van der Waals surface area (Å²) in [5.74, 6) is 3.03. The zero-order valence-electron chi connectivity index (χ0n) is 10.7. The van der Waals surface area contributed by atoms with E-state index in [1.807, 2.05) is 0 Å². The van der Waals surface area contributed by atoms with Gasteiger partial charge in [-0.05, 0) is 31.6 Å². The summed E-state index contributed by atoms with van der Waals surface area (Å²) in [4.78, 5) is 4.44. The molecule has 1 aromatic rings. The maximum Gasteiger partial charge on any atom is 0.227 e. The molecule has 1 aromatic heterocycles. The molecule has 2 N–H and O–H groups in total. The molecule has 1 aliphatic carbocycles. The first kappa shape index (κ1) is 12.6. The minimum absolute atomic E-state index is 0.512. The van der Waals surface area contributed by atoms with Crippen molar-refractivity contribution >= 4 is 0 Å². The largest absolute Gasteiger partial charge is 0.339 e. The fraction of sp³-hybridized carbons (Fsp3) is 0.846. The molecule has 4 nitrogen and oxygen atoms in total. The molecule has 17 heavy (non-hydrogen) atoms. The van der Waals surface area contributed by atoms with Crippen LogP contribution in [-0.2, 0) is 6.42 Å². The van der Waals surface area contributed by atoms with E-state index in [-0.39, 0.29) is 0 Å². The van der Waals surface area contributed by atoms with Gasteiger partial charge in [-0.3, -0.25) is 0 Å². The molecule has 0 radical (unpaired) electrons. The third kappa shape index (κ3) is 3.28. The molecule has 96 valence electrons. The smallest absolute Gasteiger partial charge is 0.227 e. The third-order valence-electron chi connectivity index (χ3n) is 3.75. The molecule has 1 aliphatic rings. The molecule has 1 heterocycles. The van der Waals surface area contributed by atoms with E-state index in [4.69, 9.17) is 10.3 Å². The Labute approximate surface area is 103 Å². The highest BCUT2D eigenvalue weighted by Crippen LogP contribution is 2.36. The van der Waals surface area contributed by atoms with Gasteiger partial charge in [-0.15, -0.1) is 0 Å². The van der Waals surface area contributed by atoms with Crippen LogP contribution in [0, 0.1) is 5.92 Å². The van der Waals surface area contributed by atoms with E-state index in [0.717, 1.165) is 11.7 Å². The minimum Gasteiger partial charge on any atom is -0.339 e. The van der Waals surface area contributed by atoms with Crippen LogP contribution in [0.3, 0.4) is 0 Å². The van der Waals surface area contributed by atoms with Gasteiger partial charge in [0.05, 0.1) is 0 Å². The second-order valence-electron chi connectivity index (χ2n) is 5.09. The molecule has 1 fully saturated rings. The van der Waals surface area contributed by atoms with Crippen LogP contribution in [0.25, 0.3) is 0 Å². The second kappa shape index (κ2) is 6.15. The predicted molar refractivity (Wildman–Crippen MR) is 66.7 cm³/mol. The van der Waals surface area contributed by atoms with Crippen molar-refractivity contribution in [3.05, 3.63) is 11.7 Å². The van der Waals surface area contributed by atoms with Crippen molar-refractivity contribution < 1.29 is 4.52 Å². The first-order valence-electron chi connectivity index (χ1n) is 6.86. The van der Waals surface area contributed by atoms with Crippen LogP contribution in [-0.4, -0.2) is 16.7 Å². The Hall–Kier alpha value is -0.900. The van der Waals surface area contributed by atoms with Crippen molar-refractivity contribution in [1.82, 2.24) is 10.1 Å². The zero-order chi connectivity index (χ0) is 12.1. The van der Waals surface area contributed by atoms with Gasteiger partial charge in [-0.1, -0.05) is 24.9 Å². The van der Waals surface area contributed by atoms with Crippen molar-refractivity contribution in [2.45, 2.75) is 57.8 Å². The summed E-state index contributed by atoms with van der Waals surface area (Å²) in [7, 11) is 0. The van der Waals surface area contributed by atoms with Crippen LogP contribution >= 0.6 is 0 Å². The van der Waals surface area contributed by atoms with E-state index in [0.29, 0.717) is 24.8 Å². The highest BCUT2D eigenvalue weighted by atomic mass is 16.5. The molecule has 0 saturated heterocycles. The Morgan fingerprint density at radius 2 is 2.06 bits per heavy atom. The lowest BCUT2D eigenvalue weighted by Crippen LogP contribution is -2.14. The number of nitrogens with two attached hydrogens (primary N) is 1.